The highest BCUT2D eigenvalue weighted by Crippen LogP contribution is 2.66. The Morgan fingerprint density at radius 1 is 1.21 bits per heavy atom. The molecule has 1 amide bonds. The second-order valence-electron chi connectivity index (χ2n) is 8.43. The third kappa shape index (κ3) is 1.99. The first-order valence-corrected chi connectivity index (χ1v) is 9.92. The molecule has 2 spiro atoms. The minimum atomic E-state index is -1.26. The first kappa shape index (κ1) is 19.3. The normalized spacial score (nSPS) is 36.4. The maximum atomic E-state index is 13.7. The molecule has 0 radical (unpaired) electrons. The van der Waals surface area contributed by atoms with E-state index >= 15 is 0 Å². The van der Waals surface area contributed by atoms with Crippen molar-refractivity contribution in [3.63, 3.8) is 0 Å². The molecule has 2 heterocycles. The van der Waals surface area contributed by atoms with E-state index in [4.69, 9.17) is 4.74 Å². The maximum Gasteiger partial charge on any atom is 0.223 e. The molecule has 2 N–H and O–H groups in total. The van der Waals surface area contributed by atoms with Gasteiger partial charge in [0.1, 0.15) is 11.2 Å². The summed E-state index contributed by atoms with van der Waals surface area (Å²) in [7, 11) is 1.47. The second kappa shape index (κ2) is 6.26. The minimum Gasteiger partial charge on any atom is -0.499 e. The van der Waals surface area contributed by atoms with Crippen LogP contribution in [0.5, 0.6) is 0 Å². The summed E-state index contributed by atoms with van der Waals surface area (Å²) in [6, 6.07) is -0.588. The van der Waals surface area contributed by atoms with Crippen molar-refractivity contribution in [2.45, 2.75) is 70.1 Å². The van der Waals surface area contributed by atoms with Gasteiger partial charge in [-0.3, -0.25) is 14.4 Å². The van der Waals surface area contributed by atoms with E-state index in [2.05, 4.69) is 0 Å². The molecule has 7 heteroatoms. The predicted molar refractivity (Wildman–Crippen MR) is 99.0 cm³/mol. The van der Waals surface area contributed by atoms with Gasteiger partial charge in [-0.15, -0.1) is 0 Å². The SMILES string of the molecule is COC1=C(C)C(=O)CC12C(=O)C(C)=C1CCCC(=O)N3[C@@H](C(O)CO)CC[C@@]132. The number of Topliss-reactive ketones (excluding diaryl/α,β-unsaturated/α-hetero) is 2. The molecule has 0 aromatic carbocycles. The standard InChI is InChI=1S/C21H27NO6/c1-11-13-5-4-6-17(26)22-14(16(25)10-23)7-8-21(13,22)20(18(11)27)9-15(24)12(2)19(20)28-3/h14,16,23,25H,4-10H2,1-3H3/t14-,16?,20?,21+/m1/s1. The number of hydrogen-bond acceptors (Lipinski definition) is 6. The number of ketones is 2. The van der Waals surface area contributed by atoms with Gasteiger partial charge in [0.05, 0.1) is 31.4 Å². The molecular formula is C21H27NO6. The van der Waals surface area contributed by atoms with E-state index in [1.54, 1.807) is 18.7 Å². The Hall–Kier alpha value is -1.99. The predicted octanol–water partition coefficient (Wildman–Crippen LogP) is 1.03. The van der Waals surface area contributed by atoms with Crippen LogP contribution in [0.4, 0.5) is 0 Å². The fourth-order valence-corrected chi connectivity index (χ4v) is 6.38. The van der Waals surface area contributed by atoms with Gasteiger partial charge in [-0.05, 0) is 50.7 Å². The number of amides is 1. The fourth-order valence-electron chi connectivity index (χ4n) is 6.38. The van der Waals surface area contributed by atoms with Gasteiger partial charge in [-0.1, -0.05) is 0 Å². The molecule has 4 atom stereocenters. The number of aliphatic hydroxyl groups is 2. The smallest absolute Gasteiger partial charge is 0.223 e. The lowest BCUT2D eigenvalue weighted by atomic mass is 9.64. The van der Waals surface area contributed by atoms with Gasteiger partial charge in [0.25, 0.3) is 0 Å². The molecule has 4 rings (SSSR count). The Bertz CT molecular complexity index is 842. The van der Waals surface area contributed by atoms with Gasteiger partial charge >= 0.3 is 0 Å². The van der Waals surface area contributed by atoms with Crippen LogP contribution in [0.15, 0.2) is 22.5 Å². The van der Waals surface area contributed by atoms with Crippen molar-refractivity contribution >= 4 is 17.5 Å². The van der Waals surface area contributed by atoms with Crippen LogP contribution in [-0.4, -0.2) is 64.0 Å². The molecule has 28 heavy (non-hydrogen) atoms. The lowest BCUT2D eigenvalue weighted by Gasteiger charge is -2.49. The number of hydrogen-bond donors (Lipinski definition) is 2. The molecule has 0 aromatic rings. The average molecular weight is 389 g/mol. The van der Waals surface area contributed by atoms with Crippen LogP contribution in [-0.2, 0) is 19.1 Å². The van der Waals surface area contributed by atoms with Crippen LogP contribution in [0.2, 0.25) is 0 Å². The van der Waals surface area contributed by atoms with Crippen molar-refractivity contribution in [1.29, 1.82) is 0 Å². The number of aliphatic hydroxyl groups excluding tert-OH is 2. The van der Waals surface area contributed by atoms with Crippen LogP contribution in [0.1, 0.15) is 52.4 Å². The quantitative estimate of drug-likeness (QED) is 0.747. The Morgan fingerprint density at radius 2 is 1.93 bits per heavy atom. The summed E-state index contributed by atoms with van der Waals surface area (Å²) in [5.74, 6) is -0.0742. The topological polar surface area (TPSA) is 104 Å². The monoisotopic (exact) mass is 389 g/mol. The number of allylic oxidation sites excluding steroid dienone is 2. The summed E-state index contributed by atoms with van der Waals surface area (Å²) in [6.07, 6.45) is 1.35. The van der Waals surface area contributed by atoms with E-state index in [0.29, 0.717) is 49.0 Å². The molecule has 0 saturated carbocycles. The molecule has 2 saturated heterocycles. The fraction of sp³-hybridized carbons (Fsp3) is 0.667. The highest BCUT2D eigenvalue weighted by atomic mass is 16.5. The molecule has 2 aliphatic carbocycles. The van der Waals surface area contributed by atoms with Crippen LogP contribution in [0.25, 0.3) is 0 Å². The average Bonchev–Trinajstić information content (AvgIpc) is 3.21. The van der Waals surface area contributed by atoms with E-state index in [9.17, 15) is 24.6 Å². The lowest BCUT2D eigenvalue weighted by Crippen LogP contribution is -2.62. The zero-order valence-corrected chi connectivity index (χ0v) is 16.6. The summed E-state index contributed by atoms with van der Waals surface area (Å²) in [4.78, 5) is 41.3. The highest BCUT2D eigenvalue weighted by molar-refractivity contribution is 6.15. The van der Waals surface area contributed by atoms with Crippen molar-refractivity contribution in [2.75, 3.05) is 13.7 Å². The molecule has 2 aliphatic heterocycles. The Balaban J connectivity index is 2.02. The van der Waals surface area contributed by atoms with Crippen LogP contribution in [0.3, 0.4) is 0 Å². The number of nitrogens with zero attached hydrogens (tertiary/aromatic N) is 1. The lowest BCUT2D eigenvalue weighted by molar-refractivity contribution is -0.148. The van der Waals surface area contributed by atoms with E-state index in [1.807, 2.05) is 0 Å². The van der Waals surface area contributed by atoms with E-state index in [1.165, 1.54) is 7.11 Å². The maximum absolute atomic E-state index is 13.7. The molecule has 0 bridgehead atoms. The van der Waals surface area contributed by atoms with Crippen molar-refractivity contribution in [3.8, 4) is 0 Å². The van der Waals surface area contributed by atoms with Gasteiger partial charge in [0.2, 0.25) is 5.91 Å². The summed E-state index contributed by atoms with van der Waals surface area (Å²) in [5.41, 5.74) is -0.320. The van der Waals surface area contributed by atoms with Crippen molar-refractivity contribution in [3.05, 3.63) is 22.5 Å². The number of methoxy groups -OCH3 is 1. The van der Waals surface area contributed by atoms with Gasteiger partial charge in [0, 0.05) is 18.4 Å². The molecule has 0 aromatic heterocycles. The molecular weight excluding hydrogens is 362 g/mol. The van der Waals surface area contributed by atoms with Gasteiger partial charge in [0.15, 0.2) is 11.6 Å². The number of carbonyl (C=O) groups excluding carboxylic acids is 3. The third-order valence-electron chi connectivity index (χ3n) is 7.42. The van der Waals surface area contributed by atoms with Crippen LogP contribution >= 0.6 is 0 Å². The Morgan fingerprint density at radius 3 is 2.57 bits per heavy atom. The van der Waals surface area contributed by atoms with E-state index in [-0.39, 0.29) is 23.9 Å². The molecule has 2 fully saturated rings. The number of carbonyl (C=O) groups is 3. The van der Waals surface area contributed by atoms with E-state index in [0.717, 1.165) is 5.57 Å². The largest absolute Gasteiger partial charge is 0.499 e. The van der Waals surface area contributed by atoms with Crippen LogP contribution < -0.4 is 0 Å². The molecule has 7 nitrogen and oxygen atoms in total. The first-order valence-electron chi connectivity index (χ1n) is 9.92. The summed E-state index contributed by atoms with van der Waals surface area (Å²) in [6.45, 7) is 2.99. The number of rotatable bonds is 3. The molecule has 4 aliphatic rings. The van der Waals surface area contributed by atoms with Crippen molar-refractivity contribution in [2.24, 2.45) is 5.41 Å². The van der Waals surface area contributed by atoms with Gasteiger partial charge in [-0.25, -0.2) is 0 Å². The van der Waals surface area contributed by atoms with Crippen molar-refractivity contribution in [1.82, 2.24) is 4.90 Å². The van der Waals surface area contributed by atoms with Crippen molar-refractivity contribution < 1.29 is 29.3 Å². The number of ether oxygens (including phenoxy) is 1. The zero-order valence-electron chi connectivity index (χ0n) is 16.6. The third-order valence-corrected chi connectivity index (χ3v) is 7.42. The van der Waals surface area contributed by atoms with E-state index < -0.39 is 29.7 Å². The Kier molecular flexibility index (Phi) is 4.32. The van der Waals surface area contributed by atoms with Crippen LogP contribution in [0, 0.1) is 5.41 Å². The second-order valence-corrected chi connectivity index (χ2v) is 8.43. The molecule has 2 unspecified atom stereocenters. The summed E-state index contributed by atoms with van der Waals surface area (Å²) in [5, 5.41) is 20.0. The first-order chi connectivity index (χ1) is 13.3. The summed E-state index contributed by atoms with van der Waals surface area (Å²) < 4.78 is 5.66. The summed E-state index contributed by atoms with van der Waals surface area (Å²) >= 11 is 0. The van der Waals surface area contributed by atoms with Gasteiger partial charge in [-0.2, -0.15) is 0 Å². The molecule has 152 valence electrons. The minimum absolute atomic E-state index is 0.0204. The highest BCUT2D eigenvalue weighted by Gasteiger charge is 2.74. The zero-order chi connectivity index (χ0) is 20.4. The Labute approximate surface area is 164 Å². The van der Waals surface area contributed by atoms with Gasteiger partial charge < -0.3 is 19.8 Å².